The Bertz CT molecular complexity index is 478. The molecule has 2 rings (SSSR count). The molecule has 1 aromatic heterocycles. The van der Waals surface area contributed by atoms with E-state index in [9.17, 15) is 10.2 Å². The van der Waals surface area contributed by atoms with Gasteiger partial charge in [-0.1, -0.05) is 0 Å². The highest BCUT2D eigenvalue weighted by molar-refractivity contribution is 7.98. The molecule has 1 saturated heterocycles. The van der Waals surface area contributed by atoms with Gasteiger partial charge in [0.25, 0.3) is 0 Å². The summed E-state index contributed by atoms with van der Waals surface area (Å²) in [5.41, 5.74) is 12.4. The van der Waals surface area contributed by atoms with Gasteiger partial charge in [0.15, 0.2) is 5.82 Å². The van der Waals surface area contributed by atoms with Crippen molar-refractivity contribution in [2.24, 2.45) is 5.73 Å². The largest absolute Gasteiger partial charge is 0.388 e. The van der Waals surface area contributed by atoms with E-state index in [2.05, 4.69) is 15.3 Å². The lowest BCUT2D eigenvalue weighted by molar-refractivity contribution is 0.0178. The summed E-state index contributed by atoms with van der Waals surface area (Å²) < 4.78 is 5.72. The van der Waals surface area contributed by atoms with Gasteiger partial charge in [-0.3, -0.25) is 0 Å². The molecule has 0 amide bonds. The van der Waals surface area contributed by atoms with Gasteiger partial charge in [0.1, 0.15) is 18.5 Å². The van der Waals surface area contributed by atoms with Crippen LogP contribution in [0.1, 0.15) is 5.69 Å². The van der Waals surface area contributed by atoms with Gasteiger partial charge in [-0.05, 0) is 6.26 Å². The van der Waals surface area contributed by atoms with Crippen LogP contribution < -0.4 is 16.8 Å². The maximum absolute atomic E-state index is 10.1. The number of aliphatic hydroxyl groups is 2. The van der Waals surface area contributed by atoms with Crippen molar-refractivity contribution in [1.82, 2.24) is 9.97 Å². The van der Waals surface area contributed by atoms with E-state index >= 15 is 0 Å². The van der Waals surface area contributed by atoms with Crippen LogP contribution in [0.25, 0.3) is 0 Å². The number of aromatic nitrogens is 2. The molecule has 2 heterocycles. The maximum Gasteiger partial charge on any atom is 0.150 e. The average molecular weight is 315 g/mol. The highest BCUT2D eigenvalue weighted by Crippen LogP contribution is 2.28. The highest BCUT2D eigenvalue weighted by atomic mass is 32.2. The van der Waals surface area contributed by atoms with E-state index in [-0.39, 0.29) is 12.8 Å². The molecule has 0 aliphatic carbocycles. The van der Waals surface area contributed by atoms with Crippen LogP contribution in [0, 0.1) is 0 Å². The predicted molar refractivity (Wildman–Crippen MR) is 81.9 cm³/mol. The first kappa shape index (κ1) is 16.2. The number of ether oxygens (including phenoxy) is 1. The van der Waals surface area contributed by atoms with Gasteiger partial charge in [-0.25, -0.2) is 9.97 Å². The lowest BCUT2D eigenvalue weighted by Crippen LogP contribution is -2.34. The fourth-order valence-corrected chi connectivity index (χ4v) is 2.98. The molecule has 0 aromatic carbocycles. The number of nitrogens with two attached hydrogens (primary N) is 2. The molecule has 7 N–H and O–H groups in total. The smallest absolute Gasteiger partial charge is 0.150 e. The number of nitrogens with one attached hydrogen (secondary N) is 1. The molecular weight excluding hydrogens is 294 g/mol. The van der Waals surface area contributed by atoms with Crippen LogP contribution in [0.4, 0.5) is 11.5 Å². The molecule has 4 atom stereocenters. The Balaban J connectivity index is 2.13. The summed E-state index contributed by atoms with van der Waals surface area (Å²) in [4.78, 5) is 8.07. The number of hydrogen-bond acceptors (Lipinski definition) is 9. The molecule has 118 valence electrons. The normalized spacial score (nSPS) is 28.8. The van der Waals surface area contributed by atoms with Crippen LogP contribution in [-0.4, -0.2) is 63.3 Å². The molecule has 0 bridgehead atoms. The van der Waals surface area contributed by atoms with Gasteiger partial charge in [-0.15, -0.1) is 0 Å². The second kappa shape index (κ2) is 7.23. The number of nitrogen functional groups attached to an aromatic ring is 1. The molecule has 1 aliphatic rings. The first-order valence-corrected chi connectivity index (χ1v) is 8.01. The standard InChI is InChI=1S/C12H21N5O3S/c1-21-3-8-11(19)10(18)7(20-8)2-6-9(15-4-13)12(14)17-5-16-6/h5,7-8,10-11,15,18-19H,2-4,13H2,1H3,(H2,14,16,17)/t7-,8+,10-,11+/m0/s1. The van der Waals surface area contributed by atoms with Gasteiger partial charge in [0, 0.05) is 12.2 Å². The third-order valence-corrected chi connectivity index (χ3v) is 4.08. The zero-order valence-electron chi connectivity index (χ0n) is 11.8. The number of rotatable bonds is 6. The van der Waals surface area contributed by atoms with E-state index in [1.54, 1.807) is 11.8 Å². The Morgan fingerprint density at radius 3 is 2.71 bits per heavy atom. The van der Waals surface area contributed by atoms with Crippen molar-refractivity contribution < 1.29 is 14.9 Å². The van der Waals surface area contributed by atoms with E-state index in [0.717, 1.165) is 0 Å². The monoisotopic (exact) mass is 315 g/mol. The summed E-state index contributed by atoms with van der Waals surface area (Å²) in [6.45, 7) is 0.191. The zero-order valence-corrected chi connectivity index (χ0v) is 12.6. The van der Waals surface area contributed by atoms with Crippen LogP contribution >= 0.6 is 11.8 Å². The van der Waals surface area contributed by atoms with Crippen molar-refractivity contribution in [3.63, 3.8) is 0 Å². The first-order valence-electron chi connectivity index (χ1n) is 6.62. The highest BCUT2D eigenvalue weighted by Gasteiger charge is 2.42. The van der Waals surface area contributed by atoms with Gasteiger partial charge in [-0.2, -0.15) is 11.8 Å². The molecule has 1 aromatic rings. The molecule has 8 nitrogen and oxygen atoms in total. The number of anilines is 2. The molecule has 0 saturated carbocycles. The summed E-state index contributed by atoms with van der Waals surface area (Å²) in [6.07, 6.45) is 0.817. The van der Waals surface area contributed by atoms with Crippen LogP contribution in [0.3, 0.4) is 0 Å². The van der Waals surface area contributed by atoms with E-state index in [0.29, 0.717) is 29.4 Å². The van der Waals surface area contributed by atoms with E-state index in [4.69, 9.17) is 16.2 Å². The maximum atomic E-state index is 10.1. The third-order valence-electron chi connectivity index (χ3n) is 3.42. The van der Waals surface area contributed by atoms with Gasteiger partial charge < -0.3 is 31.7 Å². The molecule has 9 heteroatoms. The molecule has 1 fully saturated rings. The average Bonchev–Trinajstić information content (AvgIpc) is 2.72. The third kappa shape index (κ3) is 3.55. The van der Waals surface area contributed by atoms with Crippen molar-refractivity contribution >= 4 is 23.3 Å². The quantitative estimate of drug-likeness (QED) is 0.409. The lowest BCUT2D eigenvalue weighted by atomic mass is 10.0. The fraction of sp³-hybridized carbons (Fsp3) is 0.667. The van der Waals surface area contributed by atoms with Gasteiger partial charge in [0.05, 0.1) is 30.3 Å². The predicted octanol–water partition coefficient (Wildman–Crippen LogP) is -1.22. The van der Waals surface area contributed by atoms with Crippen LogP contribution in [0.2, 0.25) is 0 Å². The molecule has 0 unspecified atom stereocenters. The van der Waals surface area contributed by atoms with Gasteiger partial charge in [0.2, 0.25) is 0 Å². The van der Waals surface area contributed by atoms with Crippen molar-refractivity contribution in [3.8, 4) is 0 Å². The number of hydrogen-bond donors (Lipinski definition) is 5. The topological polar surface area (TPSA) is 140 Å². The molecule has 0 radical (unpaired) electrons. The Morgan fingerprint density at radius 2 is 2.05 bits per heavy atom. The Hall–Kier alpha value is -1.13. The van der Waals surface area contributed by atoms with E-state index < -0.39 is 18.3 Å². The zero-order chi connectivity index (χ0) is 15.4. The second-order valence-electron chi connectivity index (χ2n) is 4.82. The summed E-state index contributed by atoms with van der Waals surface area (Å²) in [6, 6.07) is 0. The molecule has 1 aliphatic heterocycles. The Kier molecular flexibility index (Phi) is 5.59. The fourth-order valence-electron chi connectivity index (χ4n) is 2.37. The van der Waals surface area contributed by atoms with E-state index in [1.807, 2.05) is 6.26 Å². The molecule has 0 spiro atoms. The SMILES string of the molecule is CSC[C@H]1O[C@@H](Cc2ncnc(N)c2NCN)[C@H](O)[C@@H]1O. The Morgan fingerprint density at radius 1 is 1.33 bits per heavy atom. The summed E-state index contributed by atoms with van der Waals surface area (Å²) >= 11 is 1.56. The number of nitrogens with zero attached hydrogens (tertiary/aromatic N) is 2. The van der Waals surface area contributed by atoms with Gasteiger partial charge >= 0.3 is 0 Å². The van der Waals surface area contributed by atoms with Crippen molar-refractivity contribution in [3.05, 3.63) is 12.0 Å². The number of aliphatic hydroxyl groups excluding tert-OH is 2. The lowest BCUT2D eigenvalue weighted by Gasteiger charge is -2.17. The minimum Gasteiger partial charge on any atom is -0.388 e. The molecular formula is C12H21N5O3S. The van der Waals surface area contributed by atoms with Crippen LogP contribution in [0.5, 0.6) is 0 Å². The summed E-state index contributed by atoms with van der Waals surface area (Å²) in [5, 5.41) is 23.0. The Labute approximate surface area is 127 Å². The molecule has 21 heavy (non-hydrogen) atoms. The summed E-state index contributed by atoms with van der Waals surface area (Å²) in [5.74, 6) is 0.910. The van der Waals surface area contributed by atoms with Crippen molar-refractivity contribution in [2.75, 3.05) is 29.7 Å². The van der Waals surface area contributed by atoms with E-state index in [1.165, 1.54) is 6.33 Å². The van der Waals surface area contributed by atoms with Crippen molar-refractivity contribution in [1.29, 1.82) is 0 Å². The summed E-state index contributed by atoms with van der Waals surface area (Å²) in [7, 11) is 0. The second-order valence-corrected chi connectivity index (χ2v) is 5.73. The van der Waals surface area contributed by atoms with Crippen molar-refractivity contribution in [2.45, 2.75) is 30.8 Å². The minimum atomic E-state index is -0.955. The first-order chi connectivity index (χ1) is 10.1. The number of thioether (sulfide) groups is 1. The minimum absolute atomic E-state index is 0.191. The van der Waals surface area contributed by atoms with Crippen LogP contribution in [0.15, 0.2) is 6.33 Å². The van der Waals surface area contributed by atoms with Crippen LogP contribution in [-0.2, 0) is 11.2 Å².